The molecule has 8 heteroatoms. The fourth-order valence-corrected chi connectivity index (χ4v) is 3.96. The molecule has 1 aliphatic rings. The van der Waals surface area contributed by atoms with Crippen molar-refractivity contribution in [3.05, 3.63) is 71.5 Å². The molecule has 0 spiro atoms. The molecule has 0 unspecified atom stereocenters. The highest BCUT2D eigenvalue weighted by atomic mass is 35.5. The molecule has 3 aromatic heterocycles. The lowest BCUT2D eigenvalue weighted by Crippen LogP contribution is -2.32. The van der Waals surface area contributed by atoms with Gasteiger partial charge >= 0.3 is 0 Å². The quantitative estimate of drug-likeness (QED) is 0.440. The molecule has 0 bridgehead atoms. The minimum atomic E-state index is -0.273. The summed E-state index contributed by atoms with van der Waals surface area (Å²) >= 11 is 6.17. The number of aromatic nitrogens is 4. The zero-order valence-corrected chi connectivity index (χ0v) is 17.9. The maximum absolute atomic E-state index is 13.2. The first-order valence-corrected chi connectivity index (χ1v) is 10.4. The summed E-state index contributed by atoms with van der Waals surface area (Å²) < 4.78 is 7.70. The number of anilines is 1. The van der Waals surface area contributed by atoms with Crippen molar-refractivity contribution in [2.45, 2.75) is 19.8 Å². The largest absolute Gasteiger partial charge is 0.475 e. The molecule has 1 amide bonds. The van der Waals surface area contributed by atoms with Crippen LogP contribution in [0.5, 0.6) is 5.88 Å². The summed E-state index contributed by atoms with van der Waals surface area (Å²) in [6.07, 6.45) is 5.19. The van der Waals surface area contributed by atoms with Gasteiger partial charge in [0.1, 0.15) is 23.7 Å². The third-order valence-electron chi connectivity index (χ3n) is 5.40. The molecule has 4 aromatic rings. The third-order valence-corrected chi connectivity index (χ3v) is 5.69. The highest BCUT2D eigenvalue weighted by molar-refractivity contribution is 6.33. The lowest BCUT2D eigenvalue weighted by atomic mass is 10.1. The SMILES string of the molecule is CC(C)c1ccc(-n2ccc3cc(N4CCOc5ncnc(Cl)c5C4=O)ccc32)cn1. The van der Waals surface area contributed by atoms with Crippen molar-refractivity contribution in [2.24, 2.45) is 0 Å². The Bertz CT molecular complexity index is 1280. The van der Waals surface area contributed by atoms with E-state index in [-0.39, 0.29) is 22.5 Å². The molecule has 0 saturated heterocycles. The van der Waals surface area contributed by atoms with Crippen LogP contribution in [0.4, 0.5) is 5.69 Å². The van der Waals surface area contributed by atoms with Crippen molar-refractivity contribution < 1.29 is 9.53 Å². The highest BCUT2D eigenvalue weighted by Gasteiger charge is 2.29. The number of hydrogen-bond acceptors (Lipinski definition) is 5. The summed E-state index contributed by atoms with van der Waals surface area (Å²) in [5.41, 5.74) is 4.04. The van der Waals surface area contributed by atoms with Crippen molar-refractivity contribution in [3.63, 3.8) is 0 Å². The summed E-state index contributed by atoms with van der Waals surface area (Å²) in [6, 6.07) is 12.1. The summed E-state index contributed by atoms with van der Waals surface area (Å²) in [5, 5.41) is 1.10. The third kappa shape index (κ3) is 3.41. The minimum Gasteiger partial charge on any atom is -0.475 e. The first-order valence-electron chi connectivity index (χ1n) is 10.1. The molecule has 0 fully saturated rings. The van der Waals surface area contributed by atoms with Crippen LogP contribution in [0.2, 0.25) is 5.15 Å². The highest BCUT2D eigenvalue weighted by Crippen LogP contribution is 2.31. The molecule has 5 rings (SSSR count). The second-order valence-electron chi connectivity index (χ2n) is 7.67. The van der Waals surface area contributed by atoms with Crippen LogP contribution in [0.15, 0.2) is 55.1 Å². The van der Waals surface area contributed by atoms with Gasteiger partial charge in [0, 0.05) is 23.0 Å². The summed E-state index contributed by atoms with van der Waals surface area (Å²) in [7, 11) is 0. The Morgan fingerprint density at radius 2 is 1.90 bits per heavy atom. The topological polar surface area (TPSA) is 73.1 Å². The van der Waals surface area contributed by atoms with Crippen molar-refractivity contribution in [3.8, 4) is 11.6 Å². The second kappa shape index (κ2) is 7.67. The van der Waals surface area contributed by atoms with Gasteiger partial charge in [-0.05, 0) is 42.3 Å². The van der Waals surface area contributed by atoms with Crippen LogP contribution in [-0.2, 0) is 0 Å². The van der Waals surface area contributed by atoms with Gasteiger partial charge in [-0.25, -0.2) is 9.97 Å². The van der Waals surface area contributed by atoms with Gasteiger partial charge in [-0.15, -0.1) is 0 Å². The van der Waals surface area contributed by atoms with E-state index in [4.69, 9.17) is 16.3 Å². The Balaban J connectivity index is 1.51. The monoisotopic (exact) mass is 433 g/mol. The van der Waals surface area contributed by atoms with E-state index in [1.807, 2.05) is 36.7 Å². The van der Waals surface area contributed by atoms with Crippen LogP contribution in [0.1, 0.15) is 35.8 Å². The predicted octanol–water partition coefficient (Wildman–Crippen LogP) is 4.63. The molecule has 1 aliphatic heterocycles. The first-order chi connectivity index (χ1) is 15.0. The predicted molar refractivity (Wildman–Crippen MR) is 119 cm³/mol. The Morgan fingerprint density at radius 1 is 1.06 bits per heavy atom. The average Bonchev–Trinajstić information content (AvgIpc) is 3.11. The van der Waals surface area contributed by atoms with Gasteiger partial charge in [-0.2, -0.15) is 0 Å². The first kappa shape index (κ1) is 19.5. The van der Waals surface area contributed by atoms with Crippen LogP contribution in [0.3, 0.4) is 0 Å². The number of nitrogens with zero attached hydrogens (tertiary/aromatic N) is 5. The molecule has 7 nitrogen and oxygen atoms in total. The Labute approximate surface area is 184 Å². The summed E-state index contributed by atoms with van der Waals surface area (Å²) in [5.74, 6) is 0.333. The summed E-state index contributed by atoms with van der Waals surface area (Å²) in [6.45, 7) is 4.96. The lowest BCUT2D eigenvalue weighted by molar-refractivity contribution is 0.0989. The molecule has 1 aromatic carbocycles. The van der Waals surface area contributed by atoms with Gasteiger partial charge in [0.15, 0.2) is 0 Å². The summed E-state index contributed by atoms with van der Waals surface area (Å²) in [4.78, 5) is 27.4. The number of rotatable bonds is 3. The maximum atomic E-state index is 13.2. The van der Waals surface area contributed by atoms with Crippen LogP contribution in [0.25, 0.3) is 16.6 Å². The number of benzene rings is 1. The van der Waals surface area contributed by atoms with Crippen molar-refractivity contribution in [1.29, 1.82) is 0 Å². The van der Waals surface area contributed by atoms with E-state index in [2.05, 4.69) is 45.5 Å². The van der Waals surface area contributed by atoms with Crippen LogP contribution < -0.4 is 9.64 Å². The Kier molecular flexibility index (Phi) is 4.82. The number of halogens is 1. The molecule has 0 saturated carbocycles. The van der Waals surface area contributed by atoms with Gasteiger partial charge in [-0.1, -0.05) is 25.4 Å². The molecule has 0 N–H and O–H groups in total. The Morgan fingerprint density at radius 3 is 2.68 bits per heavy atom. The van der Waals surface area contributed by atoms with Gasteiger partial charge < -0.3 is 14.2 Å². The van der Waals surface area contributed by atoms with E-state index in [0.717, 1.165) is 28.0 Å². The van der Waals surface area contributed by atoms with Gasteiger partial charge in [0.2, 0.25) is 5.88 Å². The molecule has 0 atom stereocenters. The smallest absolute Gasteiger partial charge is 0.267 e. The molecule has 0 radical (unpaired) electrons. The van der Waals surface area contributed by atoms with Crippen LogP contribution in [-0.4, -0.2) is 38.6 Å². The molecular formula is C23H20ClN5O2. The average molecular weight is 434 g/mol. The van der Waals surface area contributed by atoms with E-state index in [1.54, 1.807) is 4.90 Å². The normalized spacial score (nSPS) is 13.9. The van der Waals surface area contributed by atoms with Gasteiger partial charge in [0.05, 0.1) is 23.9 Å². The van der Waals surface area contributed by atoms with E-state index in [9.17, 15) is 4.79 Å². The minimum absolute atomic E-state index is 0.0893. The zero-order chi connectivity index (χ0) is 21.5. The number of pyridine rings is 1. The lowest BCUT2D eigenvalue weighted by Gasteiger charge is -2.20. The standard InChI is InChI=1S/C23H20ClN5O2/c1-14(2)18-5-3-17(12-25-18)28-8-7-15-11-16(4-6-19(15)28)29-9-10-31-22-20(23(29)30)21(24)26-13-27-22/h3-8,11-14H,9-10H2,1-2H3. The molecule has 4 heterocycles. The molecular weight excluding hydrogens is 414 g/mol. The van der Waals surface area contributed by atoms with Crippen molar-refractivity contribution in [2.75, 3.05) is 18.1 Å². The van der Waals surface area contributed by atoms with Gasteiger partial charge in [0.25, 0.3) is 5.91 Å². The number of ether oxygens (including phenoxy) is 1. The van der Waals surface area contributed by atoms with Crippen LogP contribution in [0, 0.1) is 0 Å². The molecule has 156 valence electrons. The Hall–Kier alpha value is -3.45. The number of amides is 1. The number of fused-ring (bicyclic) bond motifs is 2. The van der Waals surface area contributed by atoms with Crippen molar-refractivity contribution >= 4 is 34.1 Å². The molecule has 31 heavy (non-hydrogen) atoms. The van der Waals surface area contributed by atoms with E-state index in [1.165, 1.54) is 6.33 Å². The zero-order valence-electron chi connectivity index (χ0n) is 17.1. The fraction of sp³-hybridized carbons (Fsp3) is 0.217. The van der Waals surface area contributed by atoms with Crippen LogP contribution >= 0.6 is 11.6 Å². The number of carbonyl (C=O) groups is 1. The maximum Gasteiger partial charge on any atom is 0.267 e. The van der Waals surface area contributed by atoms with Gasteiger partial charge in [-0.3, -0.25) is 9.78 Å². The number of carbonyl (C=O) groups excluding carboxylic acids is 1. The number of hydrogen-bond donors (Lipinski definition) is 0. The van der Waals surface area contributed by atoms with Crippen molar-refractivity contribution in [1.82, 2.24) is 19.5 Å². The van der Waals surface area contributed by atoms with E-state index >= 15 is 0 Å². The molecule has 0 aliphatic carbocycles. The fourth-order valence-electron chi connectivity index (χ4n) is 3.76. The van der Waals surface area contributed by atoms with E-state index in [0.29, 0.717) is 19.1 Å². The second-order valence-corrected chi connectivity index (χ2v) is 8.03. The van der Waals surface area contributed by atoms with E-state index < -0.39 is 0 Å².